The van der Waals surface area contributed by atoms with Crippen LogP contribution >= 0.6 is 0 Å². The lowest BCUT2D eigenvalue weighted by molar-refractivity contribution is -0.146. The molecular weight excluding hydrogens is 232 g/mol. The average molecular weight is 254 g/mol. The third-order valence-corrected chi connectivity index (χ3v) is 2.87. The highest BCUT2D eigenvalue weighted by Gasteiger charge is 2.11. The van der Waals surface area contributed by atoms with Crippen molar-refractivity contribution in [2.45, 2.75) is 46.1 Å². The number of nitrogens with zero attached hydrogens (tertiary/aromatic N) is 3. The van der Waals surface area contributed by atoms with Crippen LogP contribution in [0.4, 0.5) is 5.95 Å². The zero-order chi connectivity index (χ0) is 13.4. The van der Waals surface area contributed by atoms with E-state index in [9.17, 15) is 4.79 Å². The lowest BCUT2D eigenvalue weighted by Gasteiger charge is -2.14. The van der Waals surface area contributed by atoms with Crippen molar-refractivity contribution >= 4 is 11.9 Å². The molecular formula is C12H22N4O2. The van der Waals surface area contributed by atoms with Crippen LogP contribution < -0.4 is 5.73 Å². The number of unbranched alkanes of at least 4 members (excludes halogenated alkanes) is 1. The molecule has 0 aliphatic rings. The molecule has 0 aliphatic heterocycles. The van der Waals surface area contributed by atoms with E-state index < -0.39 is 0 Å². The van der Waals surface area contributed by atoms with Crippen LogP contribution in [0.5, 0.6) is 0 Å². The Kier molecular flexibility index (Phi) is 6.18. The van der Waals surface area contributed by atoms with Gasteiger partial charge in [-0.2, -0.15) is 0 Å². The second kappa shape index (κ2) is 7.68. The van der Waals surface area contributed by atoms with Gasteiger partial charge in [0.1, 0.15) is 12.9 Å². The minimum atomic E-state index is -0.296. The molecule has 1 unspecified atom stereocenters. The second-order valence-corrected chi connectivity index (χ2v) is 4.40. The standard InChI is InChI=1S/C12H22N4O2/c1-3-5-6-10(4-2)8-18-11(17)7-16-9-14-12(13)15-16/h9-10H,3-8H2,1-2H3,(H2,13,15). The van der Waals surface area contributed by atoms with Crippen molar-refractivity contribution in [3.8, 4) is 0 Å². The smallest absolute Gasteiger partial charge is 0.327 e. The van der Waals surface area contributed by atoms with Gasteiger partial charge in [-0.1, -0.05) is 33.1 Å². The number of carbonyl (C=O) groups excluding carboxylic acids is 1. The first kappa shape index (κ1) is 14.5. The molecule has 1 heterocycles. The van der Waals surface area contributed by atoms with Crippen molar-refractivity contribution in [1.29, 1.82) is 0 Å². The van der Waals surface area contributed by atoms with Crippen LogP contribution in [0.3, 0.4) is 0 Å². The van der Waals surface area contributed by atoms with Gasteiger partial charge in [-0.15, -0.1) is 5.10 Å². The summed E-state index contributed by atoms with van der Waals surface area (Å²) < 4.78 is 6.62. The van der Waals surface area contributed by atoms with E-state index in [1.165, 1.54) is 23.9 Å². The molecule has 1 aromatic rings. The van der Waals surface area contributed by atoms with Crippen molar-refractivity contribution in [3.63, 3.8) is 0 Å². The molecule has 0 aromatic carbocycles. The first-order valence-electron chi connectivity index (χ1n) is 6.46. The van der Waals surface area contributed by atoms with Crippen LogP contribution in [0.1, 0.15) is 39.5 Å². The van der Waals surface area contributed by atoms with Gasteiger partial charge >= 0.3 is 5.97 Å². The van der Waals surface area contributed by atoms with Gasteiger partial charge in [0.05, 0.1) is 6.61 Å². The van der Waals surface area contributed by atoms with E-state index in [1.54, 1.807) is 0 Å². The molecule has 2 N–H and O–H groups in total. The molecule has 1 rings (SSSR count). The Morgan fingerprint density at radius 1 is 1.56 bits per heavy atom. The fourth-order valence-electron chi connectivity index (χ4n) is 1.67. The summed E-state index contributed by atoms with van der Waals surface area (Å²) in [5.41, 5.74) is 5.36. The quantitative estimate of drug-likeness (QED) is 0.713. The fraction of sp³-hybridized carbons (Fsp3) is 0.750. The van der Waals surface area contributed by atoms with Crippen LogP contribution in [0, 0.1) is 5.92 Å². The fourth-order valence-corrected chi connectivity index (χ4v) is 1.67. The molecule has 0 saturated carbocycles. The molecule has 0 bridgehead atoms. The summed E-state index contributed by atoms with van der Waals surface area (Å²) >= 11 is 0. The summed E-state index contributed by atoms with van der Waals surface area (Å²) in [5.74, 6) is 0.321. The summed E-state index contributed by atoms with van der Waals surface area (Å²) in [6.45, 7) is 4.83. The van der Waals surface area contributed by atoms with Gasteiger partial charge in [-0.3, -0.25) is 4.79 Å². The minimum Gasteiger partial charge on any atom is -0.464 e. The number of rotatable bonds is 8. The summed E-state index contributed by atoms with van der Waals surface area (Å²) in [7, 11) is 0. The lowest BCUT2D eigenvalue weighted by atomic mass is 10.0. The highest BCUT2D eigenvalue weighted by Crippen LogP contribution is 2.12. The van der Waals surface area contributed by atoms with Gasteiger partial charge in [-0.05, 0) is 12.3 Å². The van der Waals surface area contributed by atoms with E-state index in [0.29, 0.717) is 12.5 Å². The Balaban J connectivity index is 2.27. The molecule has 0 fully saturated rings. The molecule has 1 atom stereocenters. The van der Waals surface area contributed by atoms with Crippen molar-refractivity contribution in [2.75, 3.05) is 12.3 Å². The average Bonchev–Trinajstić information content (AvgIpc) is 2.75. The minimum absolute atomic E-state index is 0.0639. The number of hydrogen-bond donors (Lipinski definition) is 1. The number of nitrogens with two attached hydrogens (primary N) is 1. The number of nitrogen functional groups attached to an aromatic ring is 1. The highest BCUT2D eigenvalue weighted by atomic mass is 16.5. The van der Waals surface area contributed by atoms with E-state index in [1.807, 2.05) is 0 Å². The lowest BCUT2D eigenvalue weighted by Crippen LogP contribution is -2.18. The molecule has 0 radical (unpaired) electrons. The maximum absolute atomic E-state index is 11.6. The van der Waals surface area contributed by atoms with Crippen LogP contribution in [-0.4, -0.2) is 27.3 Å². The number of carbonyl (C=O) groups is 1. The molecule has 6 heteroatoms. The van der Waals surface area contributed by atoms with E-state index in [4.69, 9.17) is 10.5 Å². The predicted octanol–water partition coefficient (Wildman–Crippen LogP) is 1.62. The van der Waals surface area contributed by atoms with Crippen molar-refractivity contribution in [3.05, 3.63) is 6.33 Å². The van der Waals surface area contributed by atoms with Gasteiger partial charge in [-0.25, -0.2) is 9.67 Å². The molecule has 0 saturated heterocycles. The van der Waals surface area contributed by atoms with E-state index >= 15 is 0 Å². The third-order valence-electron chi connectivity index (χ3n) is 2.87. The number of hydrogen-bond acceptors (Lipinski definition) is 5. The Morgan fingerprint density at radius 2 is 2.33 bits per heavy atom. The van der Waals surface area contributed by atoms with E-state index in [2.05, 4.69) is 23.9 Å². The highest BCUT2D eigenvalue weighted by molar-refractivity contribution is 5.69. The molecule has 1 aromatic heterocycles. The zero-order valence-corrected chi connectivity index (χ0v) is 11.1. The normalized spacial score (nSPS) is 12.3. The SMILES string of the molecule is CCCCC(CC)COC(=O)Cn1cnc(N)n1. The van der Waals surface area contributed by atoms with Gasteiger partial charge in [0.25, 0.3) is 0 Å². The van der Waals surface area contributed by atoms with Gasteiger partial charge in [0, 0.05) is 0 Å². The van der Waals surface area contributed by atoms with Gasteiger partial charge in [0.2, 0.25) is 5.95 Å². The van der Waals surface area contributed by atoms with Gasteiger partial charge in [0.15, 0.2) is 0 Å². The molecule has 6 nitrogen and oxygen atoms in total. The first-order chi connectivity index (χ1) is 8.65. The van der Waals surface area contributed by atoms with Crippen LogP contribution in [0.25, 0.3) is 0 Å². The Bertz CT molecular complexity index is 365. The Morgan fingerprint density at radius 3 is 2.89 bits per heavy atom. The second-order valence-electron chi connectivity index (χ2n) is 4.40. The molecule has 18 heavy (non-hydrogen) atoms. The van der Waals surface area contributed by atoms with Crippen LogP contribution in [0.2, 0.25) is 0 Å². The predicted molar refractivity (Wildman–Crippen MR) is 68.7 cm³/mol. The van der Waals surface area contributed by atoms with Crippen LogP contribution in [-0.2, 0) is 16.1 Å². The summed E-state index contributed by atoms with van der Waals surface area (Å²) in [4.78, 5) is 15.3. The summed E-state index contributed by atoms with van der Waals surface area (Å²) in [6, 6.07) is 0. The van der Waals surface area contributed by atoms with Crippen molar-refractivity contribution in [2.24, 2.45) is 5.92 Å². The largest absolute Gasteiger partial charge is 0.464 e. The Labute approximate surface area is 108 Å². The van der Waals surface area contributed by atoms with Crippen molar-refractivity contribution in [1.82, 2.24) is 14.8 Å². The van der Waals surface area contributed by atoms with E-state index in [0.717, 1.165) is 12.8 Å². The van der Waals surface area contributed by atoms with Crippen LogP contribution in [0.15, 0.2) is 6.33 Å². The topological polar surface area (TPSA) is 83.0 Å². The first-order valence-corrected chi connectivity index (χ1v) is 6.46. The number of aromatic nitrogens is 3. The molecule has 0 amide bonds. The third kappa shape index (κ3) is 5.16. The zero-order valence-electron chi connectivity index (χ0n) is 11.1. The Hall–Kier alpha value is -1.59. The summed E-state index contributed by atoms with van der Waals surface area (Å²) in [5, 5.41) is 3.83. The number of esters is 1. The molecule has 0 spiro atoms. The summed E-state index contributed by atoms with van der Waals surface area (Å²) in [6.07, 6.45) is 5.91. The molecule has 102 valence electrons. The van der Waals surface area contributed by atoms with Gasteiger partial charge < -0.3 is 10.5 Å². The number of ether oxygens (including phenoxy) is 1. The molecule has 0 aliphatic carbocycles. The maximum Gasteiger partial charge on any atom is 0.327 e. The monoisotopic (exact) mass is 254 g/mol. The van der Waals surface area contributed by atoms with Crippen molar-refractivity contribution < 1.29 is 9.53 Å². The number of anilines is 1. The van der Waals surface area contributed by atoms with E-state index in [-0.39, 0.29) is 18.5 Å². The maximum atomic E-state index is 11.6.